The first-order valence-corrected chi connectivity index (χ1v) is 12.1. The molecule has 0 saturated carbocycles. The average Bonchev–Trinajstić information content (AvgIpc) is 3.43. The van der Waals surface area contributed by atoms with Gasteiger partial charge in [0.05, 0.1) is 15.6 Å². The van der Waals surface area contributed by atoms with Crippen LogP contribution in [0.4, 0.5) is 5.13 Å². The molecule has 2 aromatic heterocycles. The monoisotopic (exact) mass is 453 g/mol. The summed E-state index contributed by atoms with van der Waals surface area (Å²) in [5, 5.41) is 7.12. The van der Waals surface area contributed by atoms with E-state index < -0.39 is 15.9 Å². The van der Waals surface area contributed by atoms with Crippen LogP contribution in [-0.4, -0.2) is 36.7 Å². The molecule has 4 rings (SSSR count). The van der Waals surface area contributed by atoms with Gasteiger partial charge in [0.2, 0.25) is 10.0 Å². The lowest BCUT2D eigenvalue weighted by atomic mass is 10.2. The Hall–Kier alpha value is -1.78. The highest BCUT2D eigenvalue weighted by Crippen LogP contribution is 2.30. The smallest absolute Gasteiger partial charge is 0.257 e. The van der Waals surface area contributed by atoms with E-state index in [9.17, 15) is 13.2 Å². The summed E-state index contributed by atoms with van der Waals surface area (Å²) < 4.78 is 27.1. The summed E-state index contributed by atoms with van der Waals surface area (Å²) in [6, 6.07) is 8.18. The Morgan fingerprint density at radius 1 is 1.18 bits per heavy atom. The minimum Gasteiger partial charge on any atom is -0.298 e. The van der Waals surface area contributed by atoms with Crippen molar-refractivity contribution in [2.75, 3.05) is 18.4 Å². The van der Waals surface area contributed by atoms with E-state index >= 15 is 0 Å². The Morgan fingerprint density at radius 3 is 2.68 bits per heavy atom. The third kappa shape index (κ3) is 3.85. The number of hydrogen-bond acceptors (Lipinski definition) is 6. The fourth-order valence-electron chi connectivity index (χ4n) is 2.95. The first kappa shape index (κ1) is 19.5. The fraction of sp³-hybridized carbons (Fsp3) is 0.222. The number of anilines is 1. The van der Waals surface area contributed by atoms with Gasteiger partial charge in [-0.25, -0.2) is 13.4 Å². The predicted octanol–water partition coefficient (Wildman–Crippen LogP) is 4.56. The van der Waals surface area contributed by atoms with Crippen LogP contribution in [0.5, 0.6) is 0 Å². The van der Waals surface area contributed by atoms with Crippen molar-refractivity contribution in [1.82, 2.24) is 9.29 Å². The number of amides is 1. The molecule has 1 amide bonds. The second kappa shape index (κ2) is 7.92. The molecule has 1 saturated heterocycles. The Morgan fingerprint density at radius 2 is 1.96 bits per heavy atom. The molecule has 0 atom stereocenters. The molecule has 3 heterocycles. The Balaban J connectivity index is 1.57. The van der Waals surface area contributed by atoms with Crippen LogP contribution in [0.3, 0.4) is 0 Å². The number of benzene rings is 1. The molecule has 28 heavy (non-hydrogen) atoms. The van der Waals surface area contributed by atoms with Gasteiger partial charge < -0.3 is 0 Å². The number of nitrogens with one attached hydrogen (secondary N) is 1. The van der Waals surface area contributed by atoms with E-state index in [1.807, 2.05) is 22.9 Å². The summed E-state index contributed by atoms with van der Waals surface area (Å²) in [5.41, 5.74) is 1.01. The number of thiophene rings is 1. The van der Waals surface area contributed by atoms with Crippen molar-refractivity contribution in [1.29, 1.82) is 0 Å². The molecule has 146 valence electrons. The average molecular weight is 454 g/mol. The van der Waals surface area contributed by atoms with Gasteiger partial charge in [-0.3, -0.25) is 10.1 Å². The van der Waals surface area contributed by atoms with Crippen LogP contribution >= 0.6 is 34.3 Å². The van der Waals surface area contributed by atoms with E-state index in [0.717, 1.165) is 23.4 Å². The van der Waals surface area contributed by atoms with Gasteiger partial charge in [0.15, 0.2) is 5.13 Å². The highest BCUT2D eigenvalue weighted by atomic mass is 35.5. The van der Waals surface area contributed by atoms with Gasteiger partial charge in [-0.15, -0.1) is 22.7 Å². The summed E-state index contributed by atoms with van der Waals surface area (Å²) >= 11 is 9.02. The highest BCUT2D eigenvalue weighted by Gasteiger charge is 2.29. The zero-order valence-electron chi connectivity index (χ0n) is 14.6. The molecule has 1 aliphatic rings. The SMILES string of the molecule is O=C(Nc1nc(-c2cccs2)cs1)c1ccc(Cl)c(S(=O)(=O)N2CCCC2)c1. The van der Waals surface area contributed by atoms with E-state index in [1.165, 1.54) is 33.8 Å². The number of halogens is 1. The zero-order chi connectivity index (χ0) is 19.7. The lowest BCUT2D eigenvalue weighted by molar-refractivity contribution is 0.102. The molecule has 10 heteroatoms. The molecule has 1 fully saturated rings. The summed E-state index contributed by atoms with van der Waals surface area (Å²) in [7, 11) is -3.71. The number of hydrogen-bond donors (Lipinski definition) is 1. The molecular weight excluding hydrogens is 438 g/mol. The van der Waals surface area contributed by atoms with Crippen LogP contribution in [0.15, 0.2) is 46.0 Å². The molecule has 0 spiro atoms. The number of nitrogens with zero attached hydrogens (tertiary/aromatic N) is 2. The third-order valence-corrected chi connectivity index (χ3v) is 8.40. The minimum atomic E-state index is -3.71. The van der Waals surface area contributed by atoms with Crippen LogP contribution in [-0.2, 0) is 10.0 Å². The van der Waals surface area contributed by atoms with Gasteiger partial charge in [0, 0.05) is 24.0 Å². The van der Waals surface area contributed by atoms with E-state index in [4.69, 9.17) is 11.6 Å². The van der Waals surface area contributed by atoms with Gasteiger partial charge in [-0.1, -0.05) is 17.7 Å². The maximum absolute atomic E-state index is 12.8. The first-order chi connectivity index (χ1) is 13.4. The molecule has 1 aromatic carbocycles. The molecular formula is C18H16ClN3O3S3. The molecule has 1 N–H and O–H groups in total. The molecule has 0 unspecified atom stereocenters. The van der Waals surface area contributed by atoms with Gasteiger partial charge in [-0.2, -0.15) is 4.31 Å². The van der Waals surface area contributed by atoms with Crippen molar-refractivity contribution >= 4 is 55.3 Å². The molecule has 0 radical (unpaired) electrons. The van der Waals surface area contributed by atoms with Crippen molar-refractivity contribution in [2.24, 2.45) is 0 Å². The summed E-state index contributed by atoms with van der Waals surface area (Å²) in [6.07, 6.45) is 1.65. The lowest BCUT2D eigenvalue weighted by Crippen LogP contribution is -2.28. The van der Waals surface area contributed by atoms with Crippen LogP contribution in [0.1, 0.15) is 23.2 Å². The Bertz CT molecular complexity index is 1100. The lowest BCUT2D eigenvalue weighted by Gasteiger charge is -2.17. The molecule has 3 aromatic rings. The molecule has 1 aliphatic heterocycles. The van der Waals surface area contributed by atoms with Crippen molar-refractivity contribution < 1.29 is 13.2 Å². The minimum absolute atomic E-state index is 0.0397. The third-order valence-electron chi connectivity index (χ3n) is 4.37. The van der Waals surface area contributed by atoms with Gasteiger partial charge >= 0.3 is 0 Å². The predicted molar refractivity (Wildman–Crippen MR) is 113 cm³/mol. The Kier molecular flexibility index (Phi) is 5.52. The number of sulfonamides is 1. The van der Waals surface area contributed by atoms with Gasteiger partial charge in [0.25, 0.3) is 5.91 Å². The maximum Gasteiger partial charge on any atom is 0.257 e. The number of thiazole rings is 1. The largest absolute Gasteiger partial charge is 0.298 e. The van der Waals surface area contributed by atoms with Crippen LogP contribution in [0.2, 0.25) is 5.02 Å². The van der Waals surface area contributed by atoms with E-state index in [0.29, 0.717) is 18.2 Å². The standard InChI is InChI=1S/C18H16ClN3O3S3/c19-13-6-5-12(10-16(13)28(24,25)22-7-1-2-8-22)17(23)21-18-20-14(11-27-18)15-4-3-9-26-15/h3-6,9-11H,1-2,7-8H2,(H,20,21,23). The van der Waals surface area contributed by atoms with Crippen LogP contribution in [0.25, 0.3) is 10.6 Å². The van der Waals surface area contributed by atoms with Crippen molar-refractivity contribution in [3.8, 4) is 10.6 Å². The molecule has 0 aliphatic carbocycles. The normalized spacial score (nSPS) is 15.0. The Labute approximate surface area is 175 Å². The second-order valence-corrected chi connectivity index (χ2v) is 10.3. The topological polar surface area (TPSA) is 79.4 Å². The number of aromatic nitrogens is 1. The maximum atomic E-state index is 12.8. The van der Waals surface area contributed by atoms with E-state index in [-0.39, 0.29) is 15.5 Å². The molecule has 6 nitrogen and oxygen atoms in total. The summed E-state index contributed by atoms with van der Waals surface area (Å²) in [5.74, 6) is -0.429. The first-order valence-electron chi connectivity index (χ1n) is 8.55. The van der Waals surface area contributed by atoms with Gasteiger partial charge in [-0.05, 0) is 42.5 Å². The summed E-state index contributed by atoms with van der Waals surface area (Å²) in [4.78, 5) is 18.0. The molecule has 0 bridgehead atoms. The number of carbonyl (C=O) groups excluding carboxylic acids is 1. The van der Waals surface area contributed by atoms with Crippen LogP contribution < -0.4 is 5.32 Å². The van der Waals surface area contributed by atoms with Crippen molar-refractivity contribution in [2.45, 2.75) is 17.7 Å². The fourth-order valence-corrected chi connectivity index (χ4v) is 6.43. The van der Waals surface area contributed by atoms with Crippen molar-refractivity contribution in [3.63, 3.8) is 0 Å². The van der Waals surface area contributed by atoms with E-state index in [1.54, 1.807) is 11.3 Å². The van der Waals surface area contributed by atoms with Crippen molar-refractivity contribution in [3.05, 3.63) is 51.7 Å². The highest BCUT2D eigenvalue weighted by molar-refractivity contribution is 7.89. The second-order valence-electron chi connectivity index (χ2n) is 6.23. The van der Waals surface area contributed by atoms with Gasteiger partial charge in [0.1, 0.15) is 4.90 Å². The van der Waals surface area contributed by atoms with E-state index in [2.05, 4.69) is 10.3 Å². The summed E-state index contributed by atoms with van der Waals surface area (Å²) in [6.45, 7) is 0.944. The number of rotatable bonds is 5. The quantitative estimate of drug-likeness (QED) is 0.614. The zero-order valence-corrected chi connectivity index (χ0v) is 17.8. The number of carbonyl (C=O) groups is 1. The van der Waals surface area contributed by atoms with Crippen LogP contribution in [0, 0.1) is 0 Å².